The minimum absolute atomic E-state index is 0.0679. The molecule has 1 saturated carbocycles. The Balaban J connectivity index is 1.39. The van der Waals surface area contributed by atoms with Crippen LogP contribution in [0.1, 0.15) is 79.7 Å². The second kappa shape index (κ2) is 11.4. The normalized spacial score (nSPS) is 22.5. The Hall–Kier alpha value is -2.29. The fourth-order valence-electron chi connectivity index (χ4n) is 5.59. The minimum Gasteiger partial charge on any atom is -0.381 e. The first kappa shape index (κ1) is 26.8. The zero-order valence-corrected chi connectivity index (χ0v) is 22.7. The van der Waals surface area contributed by atoms with Gasteiger partial charge in [-0.2, -0.15) is 0 Å². The smallest absolute Gasteiger partial charge is 0.253 e. The van der Waals surface area contributed by atoms with Crippen LogP contribution in [0, 0.1) is 11.8 Å². The quantitative estimate of drug-likeness (QED) is 0.530. The average molecular weight is 514 g/mol. The molecule has 7 nitrogen and oxygen atoms in total. The van der Waals surface area contributed by atoms with Gasteiger partial charge in [-0.15, -0.1) is 0 Å². The van der Waals surface area contributed by atoms with E-state index in [0.717, 1.165) is 42.8 Å². The fraction of sp³-hybridized carbons (Fsp3) is 0.571. The molecule has 2 aromatic rings. The van der Waals surface area contributed by atoms with Crippen molar-refractivity contribution in [1.29, 1.82) is 0 Å². The number of rotatable bonds is 9. The number of pyridine rings is 1. The van der Waals surface area contributed by atoms with Gasteiger partial charge in [0.25, 0.3) is 5.91 Å². The van der Waals surface area contributed by atoms with Gasteiger partial charge in [0.05, 0.1) is 34.1 Å². The Morgan fingerprint density at radius 2 is 1.86 bits per heavy atom. The lowest BCUT2D eigenvalue weighted by molar-refractivity contribution is 0.0432. The van der Waals surface area contributed by atoms with Crippen LogP contribution >= 0.6 is 0 Å². The molecule has 196 valence electrons. The zero-order valence-electron chi connectivity index (χ0n) is 21.9. The van der Waals surface area contributed by atoms with Crippen LogP contribution in [0.3, 0.4) is 0 Å². The third-order valence-electron chi connectivity index (χ3n) is 7.68. The van der Waals surface area contributed by atoms with Crippen molar-refractivity contribution in [3.05, 3.63) is 58.9 Å². The molecule has 2 heterocycles. The Labute approximate surface area is 215 Å². The third-order valence-corrected chi connectivity index (χ3v) is 9.43. The highest BCUT2D eigenvalue weighted by Gasteiger charge is 2.36. The molecule has 0 bridgehead atoms. The number of aromatic nitrogens is 1. The lowest BCUT2D eigenvalue weighted by atomic mass is 9.86. The van der Waals surface area contributed by atoms with Gasteiger partial charge in [-0.05, 0) is 66.8 Å². The number of fused-ring (bicyclic) bond motifs is 1. The van der Waals surface area contributed by atoms with Crippen LogP contribution in [0.4, 0.5) is 0 Å². The summed E-state index contributed by atoms with van der Waals surface area (Å²) in [6.45, 7) is 8.32. The largest absolute Gasteiger partial charge is 0.381 e. The predicted octanol–water partition coefficient (Wildman–Crippen LogP) is 4.52. The van der Waals surface area contributed by atoms with E-state index in [1.807, 2.05) is 13.2 Å². The van der Waals surface area contributed by atoms with Crippen molar-refractivity contribution in [2.75, 3.05) is 19.4 Å². The second-order valence-corrected chi connectivity index (χ2v) is 12.8. The van der Waals surface area contributed by atoms with Crippen molar-refractivity contribution in [1.82, 2.24) is 15.2 Å². The number of nitrogens with zero attached hydrogens (tertiary/aromatic N) is 2. The summed E-state index contributed by atoms with van der Waals surface area (Å²) in [7, 11) is -1.42. The number of sulfone groups is 1. The van der Waals surface area contributed by atoms with Crippen molar-refractivity contribution in [3.63, 3.8) is 0 Å². The topological polar surface area (TPSA) is 88.6 Å². The summed E-state index contributed by atoms with van der Waals surface area (Å²) in [4.78, 5) is 20.5. The van der Waals surface area contributed by atoms with E-state index in [1.165, 1.54) is 12.8 Å². The number of nitrogens with one attached hydrogen (secondary N) is 1. The number of methoxy groups -OCH3 is 1. The van der Waals surface area contributed by atoms with E-state index in [1.54, 1.807) is 37.4 Å². The number of carbonyl (C=O) groups is 1. The number of carbonyl (C=O) groups excluding carboxylic acids is 1. The van der Waals surface area contributed by atoms with Crippen LogP contribution < -0.4 is 5.32 Å². The van der Waals surface area contributed by atoms with Crippen LogP contribution in [-0.2, 0) is 27.7 Å². The molecule has 1 aromatic carbocycles. The molecule has 1 aromatic heterocycles. The van der Waals surface area contributed by atoms with Gasteiger partial charge in [-0.25, -0.2) is 8.42 Å². The highest BCUT2D eigenvalue weighted by molar-refractivity contribution is 7.91. The Morgan fingerprint density at radius 3 is 2.47 bits per heavy atom. The molecule has 1 N–H and O–H groups in total. The van der Waals surface area contributed by atoms with Crippen molar-refractivity contribution >= 4 is 15.7 Å². The maximum atomic E-state index is 12.9. The first-order chi connectivity index (χ1) is 17.2. The number of hydrogen-bond donors (Lipinski definition) is 1. The van der Waals surface area contributed by atoms with Crippen molar-refractivity contribution in [3.8, 4) is 0 Å². The summed E-state index contributed by atoms with van der Waals surface area (Å²) < 4.78 is 29.5. The van der Waals surface area contributed by atoms with Crippen molar-refractivity contribution < 1.29 is 17.9 Å². The van der Waals surface area contributed by atoms with E-state index >= 15 is 0 Å². The zero-order chi connectivity index (χ0) is 25.9. The Morgan fingerprint density at radius 1 is 1.17 bits per heavy atom. The average Bonchev–Trinajstić information content (AvgIpc) is 3.25. The molecule has 1 unspecified atom stereocenters. The first-order valence-electron chi connectivity index (χ1n) is 13.1. The SMILES string of the molecule is CCS(=O)(=O)c1ccc(CNC(=O)c2cnc3c(c2)CN(CC2CCC(OC)CC2)C3C(C)C)cc1. The van der Waals surface area contributed by atoms with Gasteiger partial charge in [-0.3, -0.25) is 14.7 Å². The molecule has 8 heteroatoms. The van der Waals surface area contributed by atoms with Crippen LogP contribution in [0.2, 0.25) is 0 Å². The van der Waals surface area contributed by atoms with Crippen LogP contribution in [-0.4, -0.2) is 49.7 Å². The minimum atomic E-state index is -3.23. The molecule has 36 heavy (non-hydrogen) atoms. The highest BCUT2D eigenvalue weighted by atomic mass is 32.2. The van der Waals surface area contributed by atoms with Gasteiger partial charge in [-0.1, -0.05) is 32.9 Å². The highest BCUT2D eigenvalue weighted by Crippen LogP contribution is 2.39. The van der Waals surface area contributed by atoms with Crippen molar-refractivity contribution in [2.24, 2.45) is 11.8 Å². The van der Waals surface area contributed by atoms with Gasteiger partial charge in [0.15, 0.2) is 9.84 Å². The number of benzene rings is 1. The fourth-order valence-corrected chi connectivity index (χ4v) is 6.48. The molecule has 1 aliphatic heterocycles. The van der Waals surface area contributed by atoms with Crippen LogP contribution in [0.5, 0.6) is 0 Å². The second-order valence-electron chi connectivity index (χ2n) is 10.5. The van der Waals surface area contributed by atoms with E-state index < -0.39 is 9.84 Å². The first-order valence-corrected chi connectivity index (χ1v) is 14.7. The van der Waals surface area contributed by atoms with Gasteiger partial charge in [0, 0.05) is 32.9 Å². The molecular formula is C28H39N3O4S. The van der Waals surface area contributed by atoms with E-state index in [2.05, 4.69) is 24.1 Å². The third kappa shape index (κ3) is 5.98. The molecule has 4 rings (SSSR count). The summed E-state index contributed by atoms with van der Waals surface area (Å²) in [5.41, 5.74) is 3.64. The van der Waals surface area contributed by atoms with Gasteiger partial charge >= 0.3 is 0 Å². The summed E-state index contributed by atoms with van der Waals surface area (Å²) in [6, 6.07) is 8.95. The predicted molar refractivity (Wildman–Crippen MR) is 140 cm³/mol. The summed E-state index contributed by atoms with van der Waals surface area (Å²) in [5.74, 6) is 1.01. The summed E-state index contributed by atoms with van der Waals surface area (Å²) >= 11 is 0. The number of ether oxygens (including phenoxy) is 1. The monoisotopic (exact) mass is 513 g/mol. The molecule has 0 spiro atoms. The lowest BCUT2D eigenvalue weighted by Crippen LogP contribution is -2.33. The number of amides is 1. The maximum Gasteiger partial charge on any atom is 0.253 e. The summed E-state index contributed by atoms with van der Waals surface area (Å²) in [6.07, 6.45) is 6.75. The molecule has 1 amide bonds. The van der Waals surface area contributed by atoms with Gasteiger partial charge in [0.1, 0.15) is 0 Å². The van der Waals surface area contributed by atoms with E-state index in [9.17, 15) is 13.2 Å². The molecule has 1 aliphatic carbocycles. The summed E-state index contributed by atoms with van der Waals surface area (Å²) in [5, 5.41) is 2.95. The lowest BCUT2D eigenvalue weighted by Gasteiger charge is -2.34. The van der Waals surface area contributed by atoms with E-state index in [0.29, 0.717) is 34.9 Å². The Kier molecular flexibility index (Phi) is 8.48. The molecule has 0 saturated heterocycles. The molecule has 1 fully saturated rings. The standard InChI is InChI=1S/C28H39N3O4S/c1-5-36(33,34)25-12-8-20(9-13-25)15-30-28(32)22-14-23-18-31(27(19(2)3)26(23)29-16-22)17-21-6-10-24(35-4)11-7-21/h8-9,12-14,16,19,21,24,27H,5-7,10-11,15,17-18H2,1-4H3,(H,30,32). The molecule has 2 aliphatic rings. The van der Waals surface area contributed by atoms with Crippen LogP contribution in [0.15, 0.2) is 41.4 Å². The molecule has 1 atom stereocenters. The van der Waals surface area contributed by atoms with Gasteiger partial charge < -0.3 is 10.1 Å². The Bertz CT molecular complexity index is 1160. The molecule has 0 radical (unpaired) electrons. The molecular weight excluding hydrogens is 474 g/mol. The van der Waals surface area contributed by atoms with E-state index in [4.69, 9.17) is 9.72 Å². The maximum absolute atomic E-state index is 12.9. The van der Waals surface area contributed by atoms with Crippen molar-refractivity contribution in [2.45, 2.75) is 76.6 Å². The number of hydrogen-bond acceptors (Lipinski definition) is 6. The van der Waals surface area contributed by atoms with Gasteiger partial charge in [0.2, 0.25) is 0 Å². The van der Waals surface area contributed by atoms with Crippen LogP contribution in [0.25, 0.3) is 0 Å². The van der Waals surface area contributed by atoms with E-state index in [-0.39, 0.29) is 17.7 Å².